The van der Waals surface area contributed by atoms with Crippen molar-refractivity contribution in [3.63, 3.8) is 0 Å². The van der Waals surface area contributed by atoms with Crippen molar-refractivity contribution >= 4 is 16.2 Å². The summed E-state index contributed by atoms with van der Waals surface area (Å²) in [6, 6.07) is 12.8. The molecule has 4 nitrogen and oxygen atoms in total. The maximum Gasteiger partial charge on any atom is 0.296 e. The average molecular weight is 361 g/mol. The molecule has 0 fully saturated rings. The number of fused-ring (bicyclic) bond motifs is 1. The molecule has 2 aromatic rings. The van der Waals surface area contributed by atoms with Gasteiger partial charge in [-0.05, 0) is 35.3 Å². The third-order valence-corrected chi connectivity index (χ3v) is 4.98. The van der Waals surface area contributed by atoms with E-state index in [1.165, 1.54) is 0 Å². The maximum absolute atomic E-state index is 11.3. The Kier molecular flexibility index (Phi) is 5.56. The molecule has 0 saturated heterocycles. The Morgan fingerprint density at radius 1 is 1.12 bits per heavy atom. The third-order valence-electron chi connectivity index (χ3n) is 3.70. The van der Waals surface area contributed by atoms with Gasteiger partial charge in [0, 0.05) is 5.56 Å². The van der Waals surface area contributed by atoms with Crippen LogP contribution in [0.25, 0.3) is 6.08 Å². The smallest absolute Gasteiger partial charge is 0.296 e. The average Bonchev–Trinajstić information content (AvgIpc) is 2.62. The van der Waals surface area contributed by atoms with Crippen molar-refractivity contribution in [2.24, 2.45) is 0 Å². The van der Waals surface area contributed by atoms with Crippen molar-refractivity contribution in [1.82, 2.24) is 0 Å². The zero-order chi connectivity index (χ0) is 19.4. The maximum atomic E-state index is 11.3. The van der Waals surface area contributed by atoms with Crippen LogP contribution in [-0.4, -0.2) is 22.1 Å². The van der Waals surface area contributed by atoms with Crippen LogP contribution in [-0.2, 0) is 19.7 Å². The van der Waals surface area contributed by atoms with Crippen LogP contribution in [0.5, 0.6) is 5.75 Å². The molecule has 1 aliphatic rings. The van der Waals surface area contributed by atoms with Crippen molar-refractivity contribution in [2.75, 3.05) is 13.7 Å². The summed E-state index contributed by atoms with van der Waals surface area (Å²) in [6.07, 6.45) is 3.85. The molecule has 0 amide bonds. The molecule has 0 aromatic heterocycles. The molecule has 0 unspecified atom stereocenters. The molecule has 0 spiro atoms. The molecule has 0 N–H and O–H groups in total. The number of rotatable bonds is 2. The zero-order valence-corrected chi connectivity index (χ0v) is 15.8. The molecule has 5 heteroatoms. The Balaban J connectivity index is 0.000000195. The van der Waals surface area contributed by atoms with Gasteiger partial charge in [-0.3, -0.25) is 4.18 Å². The summed E-state index contributed by atoms with van der Waals surface area (Å²) in [4.78, 5) is 0.193. The van der Waals surface area contributed by atoms with Crippen LogP contribution in [0.1, 0.15) is 33.3 Å². The fraction of sp³-hybridized carbons (Fsp3) is 0.300. The molecule has 0 radical (unpaired) electrons. The molecular weight excluding hydrogens is 336 g/mol. The minimum atomic E-state index is -3.56. The topological polar surface area (TPSA) is 52.6 Å². The van der Waals surface area contributed by atoms with Gasteiger partial charge in [-0.15, -0.1) is 0 Å². The van der Waals surface area contributed by atoms with Gasteiger partial charge in [-0.1, -0.05) is 57.2 Å². The van der Waals surface area contributed by atoms with E-state index in [9.17, 15) is 8.42 Å². The van der Waals surface area contributed by atoms with E-state index < -0.39 is 10.1 Å². The third kappa shape index (κ3) is 5.18. The number of ether oxygens (including phenoxy) is 1. The second-order valence-corrected chi connectivity index (χ2v) is 8.27. The summed E-state index contributed by atoms with van der Waals surface area (Å²) >= 11 is 0. The molecular formula is C20H24O4S. The summed E-state index contributed by atoms with van der Waals surface area (Å²) in [5.74, 6) is 0.819. The molecule has 25 heavy (non-hydrogen) atoms. The highest BCUT2D eigenvalue weighted by Crippen LogP contribution is 2.24. The van der Waals surface area contributed by atoms with Crippen molar-refractivity contribution in [1.29, 1.82) is 0 Å². The van der Waals surface area contributed by atoms with Crippen LogP contribution in [0.4, 0.5) is 0 Å². The van der Waals surface area contributed by atoms with Gasteiger partial charge in [0.2, 0.25) is 0 Å². The van der Waals surface area contributed by atoms with E-state index in [1.807, 2.05) is 36.4 Å². The minimum absolute atomic E-state index is 0.0232. The fourth-order valence-corrected chi connectivity index (χ4v) is 2.87. The molecule has 3 rings (SSSR count). The van der Waals surface area contributed by atoms with Crippen LogP contribution in [0.3, 0.4) is 0 Å². The molecule has 134 valence electrons. The second-order valence-electron chi connectivity index (χ2n) is 6.56. The highest BCUT2D eigenvalue weighted by Gasteiger charge is 2.16. The van der Waals surface area contributed by atoms with Gasteiger partial charge in [0.15, 0.2) is 0 Å². The van der Waals surface area contributed by atoms with Crippen LogP contribution < -0.4 is 4.74 Å². The van der Waals surface area contributed by atoms with Crippen LogP contribution in [0, 0.1) is 0 Å². The normalized spacial score (nSPS) is 13.8. The standard InChI is InChI=1S/C11H16O3S.C9H8O/c1-11(2,3)9-5-7-10(8-6-9)15(12,13)14-4;1-2-6-9-8(4-1)5-3-7-10-9/h5-8H,1-4H3;1-6H,7H2/i;4D. The van der Waals surface area contributed by atoms with Gasteiger partial charge in [-0.2, -0.15) is 8.42 Å². The van der Waals surface area contributed by atoms with E-state index in [0.717, 1.165) is 24.0 Å². The summed E-state index contributed by atoms with van der Waals surface area (Å²) in [6.45, 7) is 6.85. The Bertz CT molecular complexity index is 879. The van der Waals surface area contributed by atoms with Crippen molar-refractivity contribution in [3.05, 3.63) is 65.7 Å². The van der Waals surface area contributed by atoms with Gasteiger partial charge in [0.1, 0.15) is 12.4 Å². The first-order valence-corrected chi connectivity index (χ1v) is 9.36. The van der Waals surface area contributed by atoms with Gasteiger partial charge < -0.3 is 4.74 Å². The molecule has 0 saturated carbocycles. The summed E-state index contributed by atoms with van der Waals surface area (Å²) in [7, 11) is -2.40. The molecule has 0 atom stereocenters. The van der Waals surface area contributed by atoms with Crippen molar-refractivity contribution in [2.45, 2.75) is 31.1 Å². The van der Waals surface area contributed by atoms with Gasteiger partial charge in [0.25, 0.3) is 10.1 Å². The number of hydrogen-bond acceptors (Lipinski definition) is 4. The van der Waals surface area contributed by atoms with Gasteiger partial charge >= 0.3 is 0 Å². The Hall–Kier alpha value is -2.11. The second kappa shape index (κ2) is 7.85. The SMILES string of the molecule is COS(=O)(=O)c1ccc(C(C)(C)C)cc1.[2H]c1cccc2c1C=CCO2. The quantitative estimate of drug-likeness (QED) is 0.744. The first-order valence-electron chi connectivity index (χ1n) is 8.45. The van der Waals surface area contributed by atoms with Gasteiger partial charge in [-0.25, -0.2) is 0 Å². The van der Waals surface area contributed by atoms with Crippen molar-refractivity contribution in [3.8, 4) is 5.75 Å². The first kappa shape index (κ1) is 17.7. The van der Waals surface area contributed by atoms with Crippen LogP contribution in [0.2, 0.25) is 0 Å². The number of hydrogen-bond donors (Lipinski definition) is 0. The van der Waals surface area contributed by atoms with E-state index in [1.54, 1.807) is 18.2 Å². The van der Waals surface area contributed by atoms with E-state index in [-0.39, 0.29) is 10.3 Å². The van der Waals surface area contributed by atoms with E-state index in [2.05, 4.69) is 25.0 Å². The predicted octanol–water partition coefficient (Wildman–Crippen LogP) is 4.41. The lowest BCUT2D eigenvalue weighted by Crippen LogP contribution is -2.11. The first-order chi connectivity index (χ1) is 12.1. The number of para-hydroxylation sites is 1. The lowest BCUT2D eigenvalue weighted by Gasteiger charge is -2.18. The lowest BCUT2D eigenvalue weighted by molar-refractivity contribution is 0.358. The highest BCUT2D eigenvalue weighted by atomic mass is 32.2. The minimum Gasteiger partial charge on any atom is -0.489 e. The lowest BCUT2D eigenvalue weighted by atomic mass is 9.87. The molecule has 2 aromatic carbocycles. The van der Waals surface area contributed by atoms with E-state index in [0.29, 0.717) is 12.6 Å². The Morgan fingerprint density at radius 2 is 1.80 bits per heavy atom. The predicted molar refractivity (Wildman–Crippen MR) is 100 cm³/mol. The number of benzene rings is 2. The Morgan fingerprint density at radius 3 is 2.36 bits per heavy atom. The van der Waals surface area contributed by atoms with E-state index in [4.69, 9.17) is 6.11 Å². The summed E-state index contributed by atoms with van der Waals surface area (Å²) in [5, 5.41) is 0. The summed E-state index contributed by atoms with van der Waals surface area (Å²) in [5.41, 5.74) is 2.01. The van der Waals surface area contributed by atoms with Gasteiger partial charge in [0.05, 0.1) is 13.4 Å². The molecule has 0 aliphatic carbocycles. The zero-order valence-electron chi connectivity index (χ0n) is 15.9. The van der Waals surface area contributed by atoms with E-state index >= 15 is 0 Å². The monoisotopic (exact) mass is 361 g/mol. The molecule has 1 heterocycles. The van der Waals surface area contributed by atoms with Crippen LogP contribution >= 0.6 is 0 Å². The summed E-state index contributed by atoms with van der Waals surface area (Å²) < 4.78 is 39.9. The molecule has 0 bridgehead atoms. The fourth-order valence-electron chi connectivity index (χ4n) is 2.21. The van der Waals surface area contributed by atoms with Crippen molar-refractivity contribution < 1.29 is 18.7 Å². The molecule has 1 aliphatic heterocycles. The highest BCUT2D eigenvalue weighted by molar-refractivity contribution is 7.86. The van der Waals surface area contributed by atoms with Crippen LogP contribution in [0.15, 0.2) is 59.5 Å². The Labute approximate surface area is 151 Å². The largest absolute Gasteiger partial charge is 0.489 e.